The number of benzene rings is 1. The third kappa shape index (κ3) is 4.30. The van der Waals surface area contributed by atoms with E-state index in [-0.39, 0.29) is 12.6 Å². The van der Waals surface area contributed by atoms with Gasteiger partial charge >= 0.3 is 0 Å². The van der Waals surface area contributed by atoms with Crippen LogP contribution in [0.3, 0.4) is 0 Å². The average Bonchev–Trinajstić information content (AvgIpc) is 2.69. The zero-order valence-corrected chi connectivity index (χ0v) is 12.6. The molecule has 0 amide bonds. The van der Waals surface area contributed by atoms with E-state index in [0.29, 0.717) is 6.04 Å². The largest absolute Gasteiger partial charge is 0.395 e. The Labute approximate surface area is 122 Å². The summed E-state index contributed by atoms with van der Waals surface area (Å²) in [7, 11) is 0. The lowest BCUT2D eigenvalue weighted by Gasteiger charge is -2.29. The minimum atomic E-state index is 0.0949. The Morgan fingerprint density at radius 3 is 2.95 bits per heavy atom. The number of hydrogen-bond donors (Lipinski definition) is 2. The highest BCUT2D eigenvalue weighted by Crippen LogP contribution is 2.20. The maximum atomic E-state index is 9.53. The molecule has 112 valence electrons. The van der Waals surface area contributed by atoms with Gasteiger partial charge in [0.25, 0.3) is 0 Å². The molecule has 1 saturated heterocycles. The number of nitrogens with two attached hydrogens (primary N) is 1. The molecule has 0 aliphatic carbocycles. The van der Waals surface area contributed by atoms with E-state index in [1.807, 2.05) is 0 Å². The first-order valence-electron chi connectivity index (χ1n) is 7.88. The lowest BCUT2D eigenvalue weighted by atomic mass is 10.0. The minimum Gasteiger partial charge on any atom is -0.395 e. The van der Waals surface area contributed by atoms with Gasteiger partial charge in [-0.1, -0.05) is 42.7 Å². The minimum absolute atomic E-state index is 0.0949. The van der Waals surface area contributed by atoms with Gasteiger partial charge in [0, 0.05) is 18.6 Å². The zero-order valence-electron chi connectivity index (χ0n) is 12.6. The van der Waals surface area contributed by atoms with Crippen LogP contribution in [0.4, 0.5) is 0 Å². The summed E-state index contributed by atoms with van der Waals surface area (Å²) in [5, 5.41) is 9.53. The fourth-order valence-corrected chi connectivity index (χ4v) is 3.11. The van der Waals surface area contributed by atoms with Gasteiger partial charge < -0.3 is 10.8 Å². The van der Waals surface area contributed by atoms with Crippen LogP contribution < -0.4 is 5.73 Å². The quantitative estimate of drug-likeness (QED) is 0.869. The van der Waals surface area contributed by atoms with Gasteiger partial charge in [-0.3, -0.25) is 4.90 Å². The second-order valence-corrected chi connectivity index (χ2v) is 6.03. The van der Waals surface area contributed by atoms with Gasteiger partial charge in [0.2, 0.25) is 0 Å². The summed E-state index contributed by atoms with van der Waals surface area (Å²) in [5.41, 5.74) is 8.81. The van der Waals surface area contributed by atoms with E-state index < -0.39 is 0 Å². The van der Waals surface area contributed by atoms with Crippen molar-refractivity contribution in [2.24, 2.45) is 5.73 Å². The fraction of sp³-hybridized carbons (Fsp3) is 0.647. The number of aliphatic hydroxyl groups is 1. The summed E-state index contributed by atoms with van der Waals surface area (Å²) < 4.78 is 0. The highest BCUT2D eigenvalue weighted by atomic mass is 16.3. The number of nitrogens with zero attached hydrogens (tertiary/aromatic N) is 1. The third-order valence-corrected chi connectivity index (χ3v) is 4.41. The molecule has 1 aromatic rings. The first-order valence-corrected chi connectivity index (χ1v) is 7.88. The molecule has 3 heteroatoms. The van der Waals surface area contributed by atoms with E-state index in [0.717, 1.165) is 25.9 Å². The molecule has 2 atom stereocenters. The molecule has 1 heterocycles. The van der Waals surface area contributed by atoms with E-state index in [4.69, 9.17) is 5.73 Å². The summed E-state index contributed by atoms with van der Waals surface area (Å²) in [4.78, 5) is 2.43. The lowest BCUT2D eigenvalue weighted by molar-refractivity contribution is 0.121. The number of hydrogen-bond acceptors (Lipinski definition) is 3. The molecule has 1 aromatic carbocycles. The summed E-state index contributed by atoms with van der Waals surface area (Å²) in [5.74, 6) is 0. The van der Waals surface area contributed by atoms with Gasteiger partial charge in [-0.2, -0.15) is 0 Å². The van der Waals surface area contributed by atoms with Crippen molar-refractivity contribution in [2.45, 2.75) is 51.1 Å². The van der Waals surface area contributed by atoms with Crippen molar-refractivity contribution in [3.05, 3.63) is 35.4 Å². The first-order chi connectivity index (χ1) is 9.70. The molecule has 0 radical (unpaired) electrons. The molecule has 3 nitrogen and oxygen atoms in total. The topological polar surface area (TPSA) is 49.5 Å². The Morgan fingerprint density at radius 1 is 1.35 bits per heavy atom. The summed E-state index contributed by atoms with van der Waals surface area (Å²) in [6, 6.07) is 8.90. The number of aliphatic hydroxyl groups excluding tert-OH is 1. The van der Waals surface area contributed by atoms with E-state index in [1.165, 1.54) is 30.4 Å². The Kier molecular flexibility index (Phi) is 6.02. The second-order valence-electron chi connectivity index (χ2n) is 6.03. The van der Waals surface area contributed by atoms with Crippen LogP contribution in [0.2, 0.25) is 0 Å². The Morgan fingerprint density at radius 2 is 2.20 bits per heavy atom. The molecular formula is C17H28N2O. The van der Waals surface area contributed by atoms with Crippen LogP contribution in [0, 0.1) is 6.92 Å². The molecular weight excluding hydrogens is 248 g/mol. The summed E-state index contributed by atoms with van der Waals surface area (Å²) in [6.45, 7) is 4.47. The molecule has 0 spiro atoms. The smallest absolute Gasteiger partial charge is 0.0586 e. The highest BCUT2D eigenvalue weighted by molar-refractivity contribution is 5.24. The van der Waals surface area contributed by atoms with Crippen molar-refractivity contribution in [3.8, 4) is 0 Å². The predicted molar refractivity (Wildman–Crippen MR) is 83.6 cm³/mol. The van der Waals surface area contributed by atoms with Crippen molar-refractivity contribution in [1.29, 1.82) is 0 Å². The lowest BCUT2D eigenvalue weighted by Crippen LogP contribution is -2.39. The number of likely N-dealkylation sites (tertiary alicyclic amines) is 1. The molecule has 0 bridgehead atoms. The van der Waals surface area contributed by atoms with Crippen LogP contribution in [0.1, 0.15) is 49.3 Å². The van der Waals surface area contributed by atoms with E-state index in [2.05, 4.69) is 36.1 Å². The predicted octanol–water partition coefficient (Wildman–Crippen LogP) is 2.62. The van der Waals surface area contributed by atoms with Gasteiger partial charge in [0.1, 0.15) is 0 Å². The van der Waals surface area contributed by atoms with Gasteiger partial charge in [-0.05, 0) is 38.3 Å². The standard InChI is InChI=1S/C17H28N2O/c1-14-6-5-7-15(12-14)17(18)9-11-19-10-4-2-3-8-16(19)13-20/h5-7,12,16-17,20H,2-4,8-11,13,18H2,1H3. The van der Waals surface area contributed by atoms with Crippen LogP contribution in [-0.4, -0.2) is 35.7 Å². The van der Waals surface area contributed by atoms with Crippen molar-refractivity contribution in [2.75, 3.05) is 19.7 Å². The maximum absolute atomic E-state index is 9.53. The van der Waals surface area contributed by atoms with Gasteiger partial charge in [0.15, 0.2) is 0 Å². The molecule has 2 unspecified atom stereocenters. The third-order valence-electron chi connectivity index (χ3n) is 4.41. The zero-order chi connectivity index (χ0) is 14.4. The Balaban J connectivity index is 1.89. The molecule has 0 saturated carbocycles. The molecule has 1 fully saturated rings. The molecule has 3 N–H and O–H groups in total. The van der Waals surface area contributed by atoms with Gasteiger partial charge in [0.05, 0.1) is 6.61 Å². The monoisotopic (exact) mass is 276 g/mol. The van der Waals surface area contributed by atoms with Gasteiger partial charge in [-0.25, -0.2) is 0 Å². The van der Waals surface area contributed by atoms with Crippen LogP contribution in [0.5, 0.6) is 0 Å². The van der Waals surface area contributed by atoms with E-state index in [9.17, 15) is 5.11 Å². The SMILES string of the molecule is Cc1cccc(C(N)CCN2CCCCCC2CO)c1. The number of aryl methyl sites for hydroxylation is 1. The Bertz CT molecular complexity index is 408. The van der Waals surface area contributed by atoms with Crippen molar-refractivity contribution < 1.29 is 5.11 Å². The molecule has 2 rings (SSSR count). The van der Waals surface area contributed by atoms with Crippen LogP contribution >= 0.6 is 0 Å². The normalized spacial score (nSPS) is 22.4. The molecule has 20 heavy (non-hydrogen) atoms. The van der Waals surface area contributed by atoms with Crippen LogP contribution in [0.25, 0.3) is 0 Å². The summed E-state index contributed by atoms with van der Waals surface area (Å²) >= 11 is 0. The number of rotatable bonds is 5. The van der Waals surface area contributed by atoms with Crippen LogP contribution in [-0.2, 0) is 0 Å². The van der Waals surface area contributed by atoms with Crippen molar-refractivity contribution in [1.82, 2.24) is 4.90 Å². The fourth-order valence-electron chi connectivity index (χ4n) is 3.11. The second kappa shape index (κ2) is 7.77. The first kappa shape index (κ1) is 15.5. The van der Waals surface area contributed by atoms with Crippen LogP contribution in [0.15, 0.2) is 24.3 Å². The Hall–Kier alpha value is -0.900. The molecule has 0 aromatic heterocycles. The molecule has 1 aliphatic heterocycles. The molecule has 1 aliphatic rings. The highest BCUT2D eigenvalue weighted by Gasteiger charge is 2.20. The maximum Gasteiger partial charge on any atom is 0.0586 e. The van der Waals surface area contributed by atoms with E-state index in [1.54, 1.807) is 0 Å². The van der Waals surface area contributed by atoms with Crippen molar-refractivity contribution >= 4 is 0 Å². The van der Waals surface area contributed by atoms with E-state index >= 15 is 0 Å². The van der Waals surface area contributed by atoms with Gasteiger partial charge in [-0.15, -0.1) is 0 Å². The summed E-state index contributed by atoms with van der Waals surface area (Å²) in [6.07, 6.45) is 5.86. The average molecular weight is 276 g/mol. The van der Waals surface area contributed by atoms with Crippen molar-refractivity contribution in [3.63, 3.8) is 0 Å².